The first-order valence-electron chi connectivity index (χ1n) is 8.06. The summed E-state index contributed by atoms with van der Waals surface area (Å²) in [6.07, 6.45) is -0.352. The van der Waals surface area contributed by atoms with Gasteiger partial charge >= 0.3 is 5.97 Å². The number of benzene rings is 2. The van der Waals surface area contributed by atoms with Gasteiger partial charge in [-0.1, -0.05) is 11.6 Å². The molecule has 144 valence electrons. The second-order valence-corrected chi connectivity index (χ2v) is 8.82. The average Bonchev–Trinajstić information content (AvgIpc) is 3.06. The lowest BCUT2D eigenvalue weighted by Gasteiger charge is -2.32. The molecule has 1 aliphatic heterocycles. The zero-order valence-corrected chi connectivity index (χ0v) is 16.4. The first-order chi connectivity index (χ1) is 13.3. The number of aromatic nitrogens is 1. The smallest absolute Gasteiger partial charge is 0.305 e. The van der Waals surface area contributed by atoms with E-state index in [4.69, 9.17) is 16.7 Å². The van der Waals surface area contributed by atoms with Crippen LogP contribution < -0.4 is 4.90 Å². The number of aliphatic carboxylic acids is 1. The molecule has 0 radical (unpaired) electrons. The number of fused-ring (bicyclic) bond motifs is 2. The Balaban J connectivity index is 1.75. The molecule has 1 unspecified atom stereocenters. The Morgan fingerprint density at radius 1 is 1.25 bits per heavy atom. The van der Waals surface area contributed by atoms with E-state index in [2.05, 4.69) is 4.98 Å². The first-order valence-corrected chi connectivity index (χ1v) is 10.1. The van der Waals surface area contributed by atoms with Gasteiger partial charge in [0.25, 0.3) is 0 Å². The van der Waals surface area contributed by atoms with Gasteiger partial charge in [-0.15, -0.1) is 23.1 Å². The maximum Gasteiger partial charge on any atom is 0.305 e. The second kappa shape index (κ2) is 7.31. The number of hydrogen-bond donors (Lipinski definition) is 1. The van der Waals surface area contributed by atoms with Gasteiger partial charge in [0.2, 0.25) is 5.91 Å². The number of rotatable bonds is 4. The van der Waals surface area contributed by atoms with Crippen LogP contribution in [0.4, 0.5) is 14.5 Å². The Kier molecular flexibility index (Phi) is 4.98. The fourth-order valence-electron chi connectivity index (χ4n) is 2.94. The van der Waals surface area contributed by atoms with E-state index >= 15 is 0 Å². The standard InChI is InChI=1S/C18H11ClF2N2O3S2/c19-8-1-4-11-12(5-8)27-13(6-15(24)25)18(26)23(11)7-14-22-16-9(20)2-3-10(21)17(16)28-14/h1-5,13H,6-7H2,(H,24,25). The highest BCUT2D eigenvalue weighted by atomic mass is 35.5. The lowest BCUT2D eigenvalue weighted by Crippen LogP contribution is -2.41. The summed E-state index contributed by atoms with van der Waals surface area (Å²) in [5.74, 6) is -2.73. The molecule has 0 fully saturated rings. The summed E-state index contributed by atoms with van der Waals surface area (Å²) in [4.78, 5) is 30.2. The van der Waals surface area contributed by atoms with Crippen molar-refractivity contribution in [3.63, 3.8) is 0 Å². The number of hydrogen-bond acceptors (Lipinski definition) is 5. The Morgan fingerprint density at radius 3 is 2.71 bits per heavy atom. The van der Waals surface area contributed by atoms with Crippen LogP contribution in [0.2, 0.25) is 5.02 Å². The lowest BCUT2D eigenvalue weighted by atomic mass is 10.2. The lowest BCUT2D eigenvalue weighted by molar-refractivity contribution is -0.138. The molecule has 0 spiro atoms. The Labute approximate surface area is 170 Å². The van der Waals surface area contributed by atoms with Crippen LogP contribution in [-0.2, 0) is 16.1 Å². The van der Waals surface area contributed by atoms with Crippen molar-refractivity contribution in [2.24, 2.45) is 0 Å². The van der Waals surface area contributed by atoms with Gasteiger partial charge in [-0.05, 0) is 30.3 Å². The van der Waals surface area contributed by atoms with E-state index in [1.165, 1.54) is 4.90 Å². The third kappa shape index (κ3) is 3.45. The zero-order chi connectivity index (χ0) is 20.0. The number of carboxylic acids is 1. The van der Waals surface area contributed by atoms with Crippen molar-refractivity contribution < 1.29 is 23.5 Å². The second-order valence-electron chi connectivity index (χ2n) is 6.06. The molecule has 1 aliphatic rings. The van der Waals surface area contributed by atoms with Gasteiger partial charge in [-0.2, -0.15) is 0 Å². The first kappa shape index (κ1) is 19.1. The molecular weight excluding hydrogens is 430 g/mol. The van der Waals surface area contributed by atoms with Crippen LogP contribution in [0.3, 0.4) is 0 Å². The van der Waals surface area contributed by atoms with Crippen LogP contribution in [0.25, 0.3) is 10.2 Å². The molecule has 1 N–H and O–H groups in total. The van der Waals surface area contributed by atoms with Crippen LogP contribution in [0, 0.1) is 11.6 Å². The number of anilines is 1. The van der Waals surface area contributed by atoms with Gasteiger partial charge in [-0.3, -0.25) is 9.59 Å². The quantitative estimate of drug-likeness (QED) is 0.636. The molecular formula is C18H11ClF2N2O3S2. The minimum atomic E-state index is -1.10. The SMILES string of the molecule is O=C(O)CC1Sc2cc(Cl)ccc2N(Cc2nc3c(F)ccc(F)c3s2)C1=O. The largest absolute Gasteiger partial charge is 0.481 e. The number of nitrogens with zero attached hydrogens (tertiary/aromatic N) is 2. The van der Waals surface area contributed by atoms with Gasteiger partial charge < -0.3 is 10.0 Å². The molecule has 1 amide bonds. The summed E-state index contributed by atoms with van der Waals surface area (Å²) in [7, 11) is 0. The molecule has 0 aliphatic carbocycles. The number of carbonyl (C=O) groups excluding carboxylic acids is 1. The predicted molar refractivity (Wildman–Crippen MR) is 104 cm³/mol. The number of carboxylic acid groups (broad SMARTS) is 1. The summed E-state index contributed by atoms with van der Waals surface area (Å²) in [5.41, 5.74) is 0.471. The zero-order valence-electron chi connectivity index (χ0n) is 14.0. The summed E-state index contributed by atoms with van der Waals surface area (Å²) in [6.45, 7) is -0.0254. The van der Waals surface area contributed by atoms with Crippen molar-refractivity contribution in [3.8, 4) is 0 Å². The van der Waals surface area contributed by atoms with Crippen LogP contribution >= 0.6 is 34.7 Å². The van der Waals surface area contributed by atoms with E-state index in [0.717, 1.165) is 35.2 Å². The van der Waals surface area contributed by atoms with Crippen molar-refractivity contribution in [1.82, 2.24) is 4.98 Å². The normalized spacial score (nSPS) is 16.5. The molecule has 0 saturated carbocycles. The molecule has 5 nitrogen and oxygen atoms in total. The van der Waals surface area contributed by atoms with E-state index in [9.17, 15) is 18.4 Å². The molecule has 2 aromatic carbocycles. The Morgan fingerprint density at radius 2 is 2.00 bits per heavy atom. The summed E-state index contributed by atoms with van der Waals surface area (Å²) < 4.78 is 28.0. The minimum absolute atomic E-state index is 0.0254. The Bertz CT molecular complexity index is 1080. The molecule has 10 heteroatoms. The number of thioether (sulfide) groups is 1. The van der Waals surface area contributed by atoms with Crippen molar-refractivity contribution in [3.05, 3.63) is 52.0 Å². The van der Waals surface area contributed by atoms with E-state index < -0.39 is 28.8 Å². The minimum Gasteiger partial charge on any atom is -0.481 e. The number of amides is 1. The third-order valence-corrected chi connectivity index (χ3v) is 6.68. The predicted octanol–water partition coefficient (Wildman–Crippen LogP) is 4.71. The van der Waals surface area contributed by atoms with Crippen LogP contribution in [0.1, 0.15) is 11.4 Å². The van der Waals surface area contributed by atoms with Crippen LogP contribution in [0.15, 0.2) is 35.2 Å². The molecule has 1 aromatic heterocycles. The fraction of sp³-hybridized carbons (Fsp3) is 0.167. The van der Waals surface area contributed by atoms with Gasteiger partial charge in [0.1, 0.15) is 16.3 Å². The molecule has 3 aromatic rings. The molecule has 4 rings (SSSR count). The van der Waals surface area contributed by atoms with Crippen molar-refractivity contribution in [1.29, 1.82) is 0 Å². The molecule has 0 bridgehead atoms. The van der Waals surface area contributed by atoms with Crippen molar-refractivity contribution >= 4 is 62.5 Å². The fourth-order valence-corrected chi connectivity index (χ4v) is 5.41. The number of halogens is 3. The van der Waals surface area contributed by atoms with Crippen LogP contribution in [0.5, 0.6) is 0 Å². The van der Waals surface area contributed by atoms with Gasteiger partial charge in [-0.25, -0.2) is 13.8 Å². The van der Waals surface area contributed by atoms with E-state index in [0.29, 0.717) is 20.6 Å². The summed E-state index contributed by atoms with van der Waals surface area (Å²) in [5, 5.41) is 9.09. The maximum absolute atomic E-state index is 14.0. The molecule has 0 saturated heterocycles. The number of carbonyl (C=O) groups is 2. The number of thiazole rings is 1. The molecule has 28 heavy (non-hydrogen) atoms. The van der Waals surface area contributed by atoms with Crippen molar-refractivity contribution in [2.45, 2.75) is 23.1 Å². The third-order valence-electron chi connectivity index (χ3n) is 4.17. The van der Waals surface area contributed by atoms with Gasteiger partial charge in [0, 0.05) is 9.92 Å². The summed E-state index contributed by atoms with van der Waals surface area (Å²) in [6, 6.07) is 6.98. The van der Waals surface area contributed by atoms with Gasteiger partial charge in [0.15, 0.2) is 5.82 Å². The Hall–Kier alpha value is -2.23. The highest BCUT2D eigenvalue weighted by Crippen LogP contribution is 2.42. The van der Waals surface area contributed by atoms with E-state index in [-0.39, 0.29) is 23.2 Å². The molecule has 1 atom stereocenters. The summed E-state index contributed by atoms with van der Waals surface area (Å²) >= 11 is 8.13. The topological polar surface area (TPSA) is 70.5 Å². The average molecular weight is 441 g/mol. The molecule has 2 heterocycles. The van der Waals surface area contributed by atoms with E-state index in [1.807, 2.05) is 0 Å². The van der Waals surface area contributed by atoms with Gasteiger partial charge in [0.05, 0.1) is 28.6 Å². The maximum atomic E-state index is 14.0. The van der Waals surface area contributed by atoms with Crippen molar-refractivity contribution in [2.75, 3.05) is 4.90 Å². The monoisotopic (exact) mass is 440 g/mol. The van der Waals surface area contributed by atoms with Crippen LogP contribution in [-0.4, -0.2) is 27.2 Å². The highest BCUT2D eigenvalue weighted by Gasteiger charge is 2.35. The van der Waals surface area contributed by atoms with E-state index in [1.54, 1.807) is 18.2 Å². The highest BCUT2D eigenvalue weighted by molar-refractivity contribution is 8.01.